The van der Waals surface area contributed by atoms with E-state index >= 15 is 0 Å². The topological polar surface area (TPSA) is 73.9 Å². The maximum atomic E-state index is 12.3. The first-order chi connectivity index (χ1) is 13.5. The molecule has 1 N–H and O–H groups in total. The summed E-state index contributed by atoms with van der Waals surface area (Å²) in [5.74, 6) is 0.0254. The molecular weight excluding hydrogens is 426 g/mol. The summed E-state index contributed by atoms with van der Waals surface area (Å²) >= 11 is 3.35. The molecule has 1 amide bonds. The summed E-state index contributed by atoms with van der Waals surface area (Å²) in [5.41, 5.74) is 0.899. The number of carbonyl (C=O) groups excluding carboxylic acids is 2. The average Bonchev–Trinajstić information content (AvgIpc) is 2.69. The third kappa shape index (κ3) is 6.56. The third-order valence-corrected chi connectivity index (χ3v) is 4.41. The van der Waals surface area contributed by atoms with E-state index in [1.54, 1.807) is 36.4 Å². The number of para-hydroxylation sites is 1. The molecule has 0 aliphatic rings. The monoisotopic (exact) mass is 449 g/mol. The van der Waals surface area contributed by atoms with Crippen molar-refractivity contribution in [3.63, 3.8) is 0 Å². The molecule has 0 heterocycles. The molecule has 0 aromatic heterocycles. The van der Waals surface area contributed by atoms with Crippen LogP contribution in [-0.2, 0) is 9.53 Å². The van der Waals surface area contributed by atoms with Crippen molar-refractivity contribution < 1.29 is 23.8 Å². The molecule has 0 aliphatic carbocycles. The molecule has 6 nitrogen and oxygen atoms in total. The van der Waals surface area contributed by atoms with Crippen molar-refractivity contribution in [2.24, 2.45) is 0 Å². The number of benzene rings is 2. The lowest BCUT2D eigenvalue weighted by Crippen LogP contribution is -2.21. The van der Waals surface area contributed by atoms with Crippen molar-refractivity contribution in [1.29, 1.82) is 0 Å². The highest BCUT2D eigenvalue weighted by Gasteiger charge is 2.15. The van der Waals surface area contributed by atoms with Crippen LogP contribution in [0.5, 0.6) is 11.5 Å². The Bertz CT molecular complexity index is 809. The van der Waals surface area contributed by atoms with Gasteiger partial charge in [0, 0.05) is 4.47 Å². The number of carbonyl (C=O) groups is 2. The second-order valence-electron chi connectivity index (χ2n) is 5.90. The largest absolute Gasteiger partial charge is 0.490 e. The Labute approximate surface area is 173 Å². The first kappa shape index (κ1) is 21.8. The molecule has 0 saturated carbocycles. The van der Waals surface area contributed by atoms with E-state index in [2.05, 4.69) is 28.2 Å². The molecule has 7 heteroatoms. The Hall–Kier alpha value is -2.54. The van der Waals surface area contributed by atoms with Crippen molar-refractivity contribution in [2.45, 2.75) is 26.7 Å². The fraction of sp³-hybridized carbons (Fsp3) is 0.333. The Morgan fingerprint density at radius 1 is 1.04 bits per heavy atom. The smallest absolute Gasteiger partial charge is 0.338 e. The maximum Gasteiger partial charge on any atom is 0.338 e. The Kier molecular flexibility index (Phi) is 8.81. The Morgan fingerprint density at radius 2 is 1.82 bits per heavy atom. The second-order valence-corrected chi connectivity index (χ2v) is 6.76. The van der Waals surface area contributed by atoms with Gasteiger partial charge < -0.3 is 19.5 Å². The number of hydrogen-bond acceptors (Lipinski definition) is 5. The fourth-order valence-corrected chi connectivity index (χ4v) is 2.70. The highest BCUT2D eigenvalue weighted by atomic mass is 79.9. The van der Waals surface area contributed by atoms with E-state index in [4.69, 9.17) is 14.2 Å². The minimum atomic E-state index is -0.608. The molecule has 0 aliphatic heterocycles. The minimum Gasteiger partial charge on any atom is -0.490 e. The van der Waals surface area contributed by atoms with Gasteiger partial charge >= 0.3 is 5.97 Å². The Morgan fingerprint density at radius 3 is 2.54 bits per heavy atom. The van der Waals surface area contributed by atoms with Gasteiger partial charge in [0.15, 0.2) is 18.1 Å². The van der Waals surface area contributed by atoms with Crippen LogP contribution in [0.2, 0.25) is 0 Å². The molecule has 0 bridgehead atoms. The van der Waals surface area contributed by atoms with E-state index in [1.165, 1.54) is 0 Å². The zero-order valence-corrected chi connectivity index (χ0v) is 17.6. The van der Waals surface area contributed by atoms with E-state index in [0.29, 0.717) is 36.0 Å². The highest BCUT2D eigenvalue weighted by molar-refractivity contribution is 9.10. The summed E-state index contributed by atoms with van der Waals surface area (Å²) in [6, 6.07) is 12.0. The van der Waals surface area contributed by atoms with Crippen molar-refractivity contribution >= 4 is 33.5 Å². The number of hydrogen-bond donors (Lipinski definition) is 1. The van der Waals surface area contributed by atoms with E-state index in [0.717, 1.165) is 17.3 Å². The van der Waals surface area contributed by atoms with Crippen LogP contribution in [0, 0.1) is 0 Å². The summed E-state index contributed by atoms with van der Waals surface area (Å²) in [4.78, 5) is 24.3. The van der Waals surface area contributed by atoms with Crippen molar-refractivity contribution in [2.75, 3.05) is 25.1 Å². The van der Waals surface area contributed by atoms with Gasteiger partial charge in [0.25, 0.3) is 5.91 Å². The van der Waals surface area contributed by atoms with Crippen molar-refractivity contribution in [3.05, 3.63) is 52.5 Å². The molecular formula is C21H24BrNO5. The lowest BCUT2D eigenvalue weighted by Gasteiger charge is -2.13. The van der Waals surface area contributed by atoms with Crippen LogP contribution in [0.4, 0.5) is 5.69 Å². The highest BCUT2D eigenvalue weighted by Crippen LogP contribution is 2.29. The zero-order chi connectivity index (χ0) is 20.4. The summed E-state index contributed by atoms with van der Waals surface area (Å²) in [6.07, 6.45) is 1.96. The van der Waals surface area contributed by atoms with Gasteiger partial charge in [0.1, 0.15) is 0 Å². The van der Waals surface area contributed by atoms with E-state index in [1.807, 2.05) is 13.0 Å². The number of rotatable bonds is 10. The van der Waals surface area contributed by atoms with Gasteiger partial charge in [0.2, 0.25) is 0 Å². The van der Waals surface area contributed by atoms with Gasteiger partial charge in [0.05, 0.1) is 24.5 Å². The van der Waals surface area contributed by atoms with Gasteiger partial charge in [-0.2, -0.15) is 0 Å². The standard InChI is InChI=1S/C21H24BrNO5/c1-3-5-12-27-18-11-10-15(13-19(18)26-4-2)21(25)28-14-20(24)23-17-9-7-6-8-16(17)22/h6-11,13H,3-5,12,14H2,1-2H3,(H,23,24). The molecule has 0 unspecified atom stereocenters. The normalized spacial score (nSPS) is 10.2. The van der Waals surface area contributed by atoms with Crippen LogP contribution in [0.3, 0.4) is 0 Å². The SMILES string of the molecule is CCCCOc1ccc(C(=O)OCC(=O)Nc2ccccc2Br)cc1OCC. The summed E-state index contributed by atoms with van der Waals surface area (Å²) < 4.78 is 17.1. The van der Waals surface area contributed by atoms with Crippen LogP contribution in [-0.4, -0.2) is 31.7 Å². The van der Waals surface area contributed by atoms with Crippen LogP contribution in [0.1, 0.15) is 37.0 Å². The van der Waals surface area contributed by atoms with E-state index in [-0.39, 0.29) is 6.61 Å². The number of ether oxygens (including phenoxy) is 3. The number of nitrogens with one attached hydrogen (secondary N) is 1. The van der Waals surface area contributed by atoms with E-state index in [9.17, 15) is 9.59 Å². The van der Waals surface area contributed by atoms with Gasteiger partial charge in [-0.1, -0.05) is 25.5 Å². The molecule has 2 aromatic carbocycles. The number of halogens is 1. The van der Waals surface area contributed by atoms with Crippen LogP contribution in [0.25, 0.3) is 0 Å². The van der Waals surface area contributed by atoms with Crippen LogP contribution < -0.4 is 14.8 Å². The quantitative estimate of drug-likeness (QED) is 0.415. The van der Waals surface area contributed by atoms with Gasteiger partial charge in [-0.25, -0.2) is 4.79 Å². The average molecular weight is 450 g/mol. The molecule has 2 aromatic rings. The molecule has 0 atom stereocenters. The Balaban J connectivity index is 1.96. The van der Waals surface area contributed by atoms with Crippen molar-refractivity contribution in [1.82, 2.24) is 0 Å². The number of amides is 1. The van der Waals surface area contributed by atoms with Crippen molar-refractivity contribution in [3.8, 4) is 11.5 Å². The maximum absolute atomic E-state index is 12.3. The summed E-state index contributed by atoms with van der Waals surface area (Å²) in [7, 11) is 0. The predicted octanol–water partition coefficient (Wildman–Crippen LogP) is 4.82. The molecule has 0 fully saturated rings. The summed E-state index contributed by atoms with van der Waals surface area (Å²) in [5, 5.41) is 2.68. The van der Waals surface area contributed by atoms with E-state index < -0.39 is 11.9 Å². The molecule has 0 radical (unpaired) electrons. The lowest BCUT2D eigenvalue weighted by molar-refractivity contribution is -0.119. The minimum absolute atomic E-state index is 0.292. The second kappa shape index (κ2) is 11.3. The first-order valence-corrected chi connectivity index (χ1v) is 9.95. The third-order valence-electron chi connectivity index (χ3n) is 3.72. The van der Waals surface area contributed by atoms with Crippen LogP contribution in [0.15, 0.2) is 46.9 Å². The number of unbranched alkanes of at least 4 members (excludes halogenated alkanes) is 1. The molecule has 0 spiro atoms. The molecule has 2 rings (SSSR count). The van der Waals surface area contributed by atoms with Gasteiger partial charge in [-0.05, 0) is 59.6 Å². The molecule has 150 valence electrons. The lowest BCUT2D eigenvalue weighted by atomic mass is 10.2. The first-order valence-electron chi connectivity index (χ1n) is 9.16. The van der Waals surface area contributed by atoms with Gasteiger partial charge in [-0.15, -0.1) is 0 Å². The van der Waals surface area contributed by atoms with Gasteiger partial charge in [-0.3, -0.25) is 4.79 Å². The number of esters is 1. The fourth-order valence-electron chi connectivity index (χ4n) is 2.31. The number of anilines is 1. The zero-order valence-electron chi connectivity index (χ0n) is 16.0. The molecule has 28 heavy (non-hydrogen) atoms. The van der Waals surface area contributed by atoms with Crippen LogP contribution >= 0.6 is 15.9 Å². The predicted molar refractivity (Wildman–Crippen MR) is 111 cm³/mol. The summed E-state index contributed by atoms with van der Waals surface area (Å²) in [6.45, 7) is 4.57. The molecule has 0 saturated heterocycles.